The van der Waals surface area contributed by atoms with Crippen molar-refractivity contribution in [1.82, 2.24) is 5.32 Å². The van der Waals surface area contributed by atoms with Crippen molar-refractivity contribution in [3.8, 4) is 22.3 Å². The summed E-state index contributed by atoms with van der Waals surface area (Å²) in [4.78, 5) is 9.81. The smallest absolute Gasteiger partial charge is 0.299 e. The Bertz CT molecular complexity index is 2380. The Morgan fingerprint density at radius 3 is 1.96 bits per heavy atom. The third-order valence-corrected chi connectivity index (χ3v) is 10.0. The normalized spacial score (nSPS) is 16.4. The van der Waals surface area contributed by atoms with Crippen LogP contribution in [0, 0.1) is 0 Å². The summed E-state index contributed by atoms with van der Waals surface area (Å²) in [6.07, 6.45) is -0.374. The number of benzene rings is 6. The number of thiophene rings is 1. The molecule has 6 heteroatoms. The average molecular weight is 618 g/mol. The van der Waals surface area contributed by atoms with Gasteiger partial charge in [0.25, 0.3) is 5.92 Å². The Balaban J connectivity index is 1.15. The van der Waals surface area contributed by atoms with E-state index in [0.29, 0.717) is 22.8 Å². The number of nitrogens with zero attached hydrogens (tertiary/aromatic N) is 2. The summed E-state index contributed by atoms with van der Waals surface area (Å²) < 4.78 is 34.2. The summed E-state index contributed by atoms with van der Waals surface area (Å²) in [5, 5.41) is 5.85. The Hall–Kier alpha value is -5.46. The van der Waals surface area contributed by atoms with E-state index in [1.807, 2.05) is 78.9 Å². The van der Waals surface area contributed by atoms with E-state index in [9.17, 15) is 0 Å². The summed E-state index contributed by atoms with van der Waals surface area (Å²) in [5.41, 5.74) is 5.60. The van der Waals surface area contributed by atoms with Crippen molar-refractivity contribution in [3.05, 3.63) is 167 Å². The topological polar surface area (TPSA) is 36.8 Å². The van der Waals surface area contributed by atoms with Crippen LogP contribution in [0.5, 0.6) is 0 Å². The zero-order valence-corrected chi connectivity index (χ0v) is 25.2. The molecule has 1 N–H and O–H groups in total. The van der Waals surface area contributed by atoms with Gasteiger partial charge in [0.2, 0.25) is 0 Å². The highest BCUT2D eigenvalue weighted by atomic mass is 32.1. The van der Waals surface area contributed by atoms with Crippen LogP contribution in [-0.2, 0) is 5.92 Å². The zero-order chi connectivity index (χ0) is 30.8. The molecule has 46 heavy (non-hydrogen) atoms. The van der Waals surface area contributed by atoms with Crippen molar-refractivity contribution >= 4 is 43.2 Å². The molecule has 3 nitrogen and oxygen atoms in total. The minimum absolute atomic E-state index is 0.00986. The van der Waals surface area contributed by atoms with Crippen molar-refractivity contribution in [2.24, 2.45) is 9.98 Å². The summed E-state index contributed by atoms with van der Waals surface area (Å²) in [6.45, 7) is 0. The van der Waals surface area contributed by atoms with Gasteiger partial charge in [0.15, 0.2) is 5.84 Å². The van der Waals surface area contributed by atoms with Crippen LogP contribution in [-0.4, -0.2) is 11.7 Å². The average Bonchev–Trinajstić information content (AvgIpc) is 3.60. The number of fused-ring (bicyclic) bond motifs is 6. The molecule has 1 unspecified atom stereocenters. The molecule has 0 spiro atoms. The minimum Gasteiger partial charge on any atom is -0.344 e. The second kappa shape index (κ2) is 10.3. The first-order valence-electron chi connectivity index (χ1n) is 15.2. The van der Waals surface area contributed by atoms with Crippen LogP contribution in [0.4, 0.5) is 8.78 Å². The van der Waals surface area contributed by atoms with E-state index in [1.54, 1.807) is 29.5 Å². The number of amidine groups is 2. The molecule has 0 amide bonds. The molecule has 0 radical (unpaired) electrons. The molecule has 7 aromatic rings. The number of halogens is 2. The largest absolute Gasteiger partial charge is 0.344 e. The maximum Gasteiger partial charge on any atom is 0.299 e. The molecule has 1 atom stereocenters. The third-order valence-electron chi connectivity index (χ3n) is 8.88. The number of nitrogens with one attached hydrogen (secondary N) is 1. The van der Waals surface area contributed by atoms with Crippen LogP contribution in [0.25, 0.3) is 42.4 Å². The molecular formula is C40H25F2N3S. The molecule has 1 aromatic heterocycles. The fraction of sp³-hybridized carbons (Fsp3) is 0.0500. The summed E-state index contributed by atoms with van der Waals surface area (Å²) in [5.74, 6) is -1.92. The number of alkyl halides is 2. The van der Waals surface area contributed by atoms with Gasteiger partial charge in [-0.1, -0.05) is 109 Å². The first-order valence-corrected chi connectivity index (χ1v) is 16.0. The lowest BCUT2D eigenvalue weighted by Gasteiger charge is -2.24. The molecule has 0 saturated carbocycles. The van der Waals surface area contributed by atoms with E-state index in [-0.39, 0.29) is 17.3 Å². The summed E-state index contributed by atoms with van der Waals surface area (Å²) in [6, 6.07) is 45.0. The maximum absolute atomic E-state index is 15.9. The lowest BCUT2D eigenvalue weighted by atomic mass is 9.96. The first kappa shape index (κ1) is 26.9. The van der Waals surface area contributed by atoms with Gasteiger partial charge in [0.05, 0.1) is 0 Å². The molecule has 2 aliphatic rings. The first-order chi connectivity index (χ1) is 22.5. The molecular weight excluding hydrogens is 593 g/mol. The van der Waals surface area contributed by atoms with Gasteiger partial charge in [-0.05, 0) is 58.1 Å². The van der Waals surface area contributed by atoms with Crippen LogP contribution >= 0.6 is 11.3 Å². The van der Waals surface area contributed by atoms with Gasteiger partial charge in [0.1, 0.15) is 12.0 Å². The van der Waals surface area contributed by atoms with Gasteiger partial charge in [-0.25, -0.2) is 9.98 Å². The molecule has 0 saturated heterocycles. The van der Waals surface area contributed by atoms with E-state index < -0.39 is 5.92 Å². The van der Waals surface area contributed by atoms with Crippen molar-refractivity contribution in [1.29, 1.82) is 0 Å². The lowest BCUT2D eigenvalue weighted by Crippen LogP contribution is -2.33. The van der Waals surface area contributed by atoms with E-state index in [0.717, 1.165) is 27.8 Å². The molecule has 1 aliphatic heterocycles. The van der Waals surface area contributed by atoms with Crippen LogP contribution < -0.4 is 5.32 Å². The van der Waals surface area contributed by atoms with Crippen LogP contribution in [0.2, 0.25) is 0 Å². The SMILES string of the molecule is FC1(F)c2ccc(C3=NC(c4ccccc4)=NC(c4ccccc4)N3)cc2-c2cc(-c3ccc4sc5ccccc5c4c3)ccc21. The highest BCUT2D eigenvalue weighted by molar-refractivity contribution is 7.25. The number of aliphatic imine (C=N–C) groups is 2. The van der Waals surface area contributed by atoms with E-state index in [1.165, 1.54) is 20.2 Å². The van der Waals surface area contributed by atoms with Gasteiger partial charge in [-0.15, -0.1) is 11.3 Å². The monoisotopic (exact) mass is 617 g/mol. The lowest BCUT2D eigenvalue weighted by molar-refractivity contribution is 0.0480. The number of hydrogen-bond acceptors (Lipinski definition) is 4. The van der Waals surface area contributed by atoms with Crippen LogP contribution in [0.3, 0.4) is 0 Å². The molecule has 9 rings (SSSR count). The van der Waals surface area contributed by atoms with E-state index in [4.69, 9.17) is 9.98 Å². The maximum atomic E-state index is 15.9. The van der Waals surface area contributed by atoms with Crippen molar-refractivity contribution in [3.63, 3.8) is 0 Å². The molecule has 0 bridgehead atoms. The minimum atomic E-state index is -3.10. The summed E-state index contributed by atoms with van der Waals surface area (Å²) in [7, 11) is 0. The fourth-order valence-corrected chi connectivity index (χ4v) is 7.66. The summed E-state index contributed by atoms with van der Waals surface area (Å²) >= 11 is 1.76. The van der Waals surface area contributed by atoms with Crippen molar-refractivity contribution in [2.75, 3.05) is 0 Å². The van der Waals surface area contributed by atoms with Gasteiger partial charge in [-0.3, -0.25) is 0 Å². The van der Waals surface area contributed by atoms with Gasteiger partial charge < -0.3 is 5.32 Å². The van der Waals surface area contributed by atoms with E-state index >= 15 is 8.78 Å². The zero-order valence-electron chi connectivity index (χ0n) is 24.4. The predicted octanol–water partition coefficient (Wildman–Crippen LogP) is 10.3. The van der Waals surface area contributed by atoms with Crippen molar-refractivity contribution in [2.45, 2.75) is 12.1 Å². The van der Waals surface area contributed by atoms with Gasteiger partial charge in [0, 0.05) is 42.4 Å². The van der Waals surface area contributed by atoms with Gasteiger partial charge in [-0.2, -0.15) is 8.78 Å². The predicted molar refractivity (Wildman–Crippen MR) is 185 cm³/mol. The molecule has 1 aliphatic carbocycles. The quantitative estimate of drug-likeness (QED) is 0.210. The molecule has 0 fully saturated rings. The molecule has 2 heterocycles. The Kier molecular flexibility index (Phi) is 6.02. The number of rotatable bonds is 4. The standard InChI is InChI=1S/C40H25F2N3S/c41-40(42)33-18-15-26(27-17-20-36-32(22-27)29-13-7-8-14-35(29)46-36)21-30(33)31-23-28(16-19-34(31)40)39-44-37(24-9-3-1-4-10-24)43-38(45-39)25-11-5-2-6-12-25/h1-23,37H,(H,43,44,45). The fourth-order valence-electron chi connectivity index (χ4n) is 6.58. The highest BCUT2D eigenvalue weighted by Gasteiger charge is 2.44. The molecule has 6 aromatic carbocycles. The molecule has 220 valence electrons. The van der Waals surface area contributed by atoms with Crippen molar-refractivity contribution < 1.29 is 8.78 Å². The Labute approximate surface area is 268 Å². The van der Waals surface area contributed by atoms with Crippen LogP contribution in [0.15, 0.2) is 150 Å². The highest BCUT2D eigenvalue weighted by Crippen LogP contribution is 2.52. The van der Waals surface area contributed by atoms with E-state index in [2.05, 4.69) is 47.8 Å². The second-order valence-corrected chi connectivity index (χ2v) is 12.7. The third kappa shape index (κ3) is 4.29. The Morgan fingerprint density at radius 2 is 1.17 bits per heavy atom. The van der Waals surface area contributed by atoms with Gasteiger partial charge >= 0.3 is 0 Å². The second-order valence-electron chi connectivity index (χ2n) is 11.6. The number of hydrogen-bond donors (Lipinski definition) is 1. The Morgan fingerprint density at radius 1 is 0.565 bits per heavy atom. The van der Waals surface area contributed by atoms with Crippen LogP contribution in [0.1, 0.15) is 34.0 Å².